The highest BCUT2D eigenvalue weighted by atomic mass is 79.9. The third-order valence-corrected chi connectivity index (χ3v) is 4.67. The number of halogens is 1. The zero-order chi connectivity index (χ0) is 15.6. The minimum atomic E-state index is 0. The van der Waals surface area contributed by atoms with E-state index >= 15 is 0 Å². The van der Waals surface area contributed by atoms with Crippen LogP contribution in [0, 0.1) is 6.92 Å². The molecule has 24 heavy (non-hydrogen) atoms. The van der Waals surface area contributed by atoms with Crippen molar-refractivity contribution in [2.75, 3.05) is 0 Å². The third kappa shape index (κ3) is 3.09. The lowest BCUT2D eigenvalue weighted by Gasteiger charge is -2.03. The van der Waals surface area contributed by atoms with E-state index in [4.69, 9.17) is 0 Å². The molecule has 2 nitrogen and oxygen atoms in total. The number of aromatic amines is 1. The Morgan fingerprint density at radius 1 is 0.875 bits per heavy atom. The van der Waals surface area contributed by atoms with Gasteiger partial charge in [-0.1, -0.05) is 48.5 Å². The summed E-state index contributed by atoms with van der Waals surface area (Å²) in [6.45, 7) is 3.26. The quantitative estimate of drug-likeness (QED) is 0.518. The second kappa shape index (κ2) is 7.18. The third-order valence-electron chi connectivity index (χ3n) is 4.67. The first-order chi connectivity index (χ1) is 11.3. The normalized spacial score (nSPS) is 10.9. The molecule has 0 aliphatic rings. The summed E-state index contributed by atoms with van der Waals surface area (Å²) in [5.41, 5.74) is 5.20. The van der Waals surface area contributed by atoms with Gasteiger partial charge in [0.25, 0.3) is 0 Å². The van der Waals surface area contributed by atoms with Crippen LogP contribution < -0.4 is 21.5 Å². The van der Waals surface area contributed by atoms with Crippen LogP contribution in [0.5, 0.6) is 0 Å². The summed E-state index contributed by atoms with van der Waals surface area (Å²) in [5.74, 6) is 0. The van der Waals surface area contributed by atoms with Crippen molar-refractivity contribution in [1.29, 1.82) is 0 Å². The maximum Gasteiger partial charge on any atom is 0.202 e. The molecule has 122 valence electrons. The SMILES string of the molecule is Cc1c2[nH]c3ccccc3c2cc[n+]1CCCc1ccccc1.[Br-]. The Bertz CT molecular complexity index is 958. The molecule has 0 fully saturated rings. The number of aryl methyl sites for hydroxylation is 3. The summed E-state index contributed by atoms with van der Waals surface area (Å²) in [5, 5.41) is 2.62. The van der Waals surface area contributed by atoms with Gasteiger partial charge in [0.15, 0.2) is 6.20 Å². The molecule has 3 heteroatoms. The van der Waals surface area contributed by atoms with E-state index in [2.05, 4.69) is 83.3 Å². The molecule has 0 atom stereocenters. The van der Waals surface area contributed by atoms with Crippen LogP contribution >= 0.6 is 0 Å². The number of nitrogens with zero attached hydrogens (tertiary/aromatic N) is 1. The molecule has 0 unspecified atom stereocenters. The van der Waals surface area contributed by atoms with Crippen molar-refractivity contribution in [2.45, 2.75) is 26.3 Å². The van der Waals surface area contributed by atoms with Crippen molar-refractivity contribution in [1.82, 2.24) is 4.98 Å². The van der Waals surface area contributed by atoms with E-state index in [9.17, 15) is 0 Å². The Kier molecular flexibility index (Phi) is 5.00. The second-order valence-electron chi connectivity index (χ2n) is 6.14. The maximum absolute atomic E-state index is 3.57. The topological polar surface area (TPSA) is 19.7 Å². The molecule has 0 radical (unpaired) electrons. The van der Waals surface area contributed by atoms with Crippen molar-refractivity contribution < 1.29 is 21.5 Å². The highest BCUT2D eigenvalue weighted by molar-refractivity contribution is 6.07. The average molecular weight is 381 g/mol. The molecular formula is C21H21BrN2. The predicted molar refractivity (Wildman–Crippen MR) is 95.5 cm³/mol. The Hall–Kier alpha value is -2.13. The van der Waals surface area contributed by atoms with E-state index in [-0.39, 0.29) is 17.0 Å². The van der Waals surface area contributed by atoms with Crippen LogP contribution in [0.3, 0.4) is 0 Å². The molecule has 0 aliphatic heterocycles. The van der Waals surface area contributed by atoms with Gasteiger partial charge < -0.3 is 22.0 Å². The van der Waals surface area contributed by atoms with Gasteiger partial charge in [-0.25, -0.2) is 4.57 Å². The molecular weight excluding hydrogens is 360 g/mol. The lowest BCUT2D eigenvalue weighted by Crippen LogP contribution is -3.00. The zero-order valence-electron chi connectivity index (χ0n) is 13.8. The van der Waals surface area contributed by atoms with Gasteiger partial charge in [-0.2, -0.15) is 0 Å². The number of aromatic nitrogens is 2. The first-order valence-corrected chi connectivity index (χ1v) is 8.26. The molecule has 1 N–H and O–H groups in total. The van der Waals surface area contributed by atoms with Crippen LogP contribution in [-0.2, 0) is 13.0 Å². The molecule has 2 aromatic carbocycles. The Morgan fingerprint density at radius 2 is 1.62 bits per heavy atom. The highest BCUT2D eigenvalue weighted by Gasteiger charge is 2.14. The number of fused-ring (bicyclic) bond motifs is 3. The van der Waals surface area contributed by atoms with Crippen molar-refractivity contribution in [3.8, 4) is 0 Å². The van der Waals surface area contributed by atoms with Crippen molar-refractivity contribution in [3.63, 3.8) is 0 Å². The zero-order valence-corrected chi connectivity index (χ0v) is 15.4. The van der Waals surface area contributed by atoms with Crippen LogP contribution in [-0.4, -0.2) is 4.98 Å². The molecule has 0 aliphatic carbocycles. The fourth-order valence-electron chi connectivity index (χ4n) is 3.38. The average Bonchev–Trinajstić information content (AvgIpc) is 2.97. The van der Waals surface area contributed by atoms with E-state index in [0.29, 0.717) is 0 Å². The molecule has 0 saturated carbocycles. The van der Waals surface area contributed by atoms with E-state index < -0.39 is 0 Å². The number of H-pyrrole nitrogens is 1. The van der Waals surface area contributed by atoms with Crippen molar-refractivity contribution in [3.05, 3.63) is 78.1 Å². The highest BCUT2D eigenvalue weighted by Crippen LogP contribution is 2.25. The smallest absolute Gasteiger partial charge is 0.202 e. The van der Waals surface area contributed by atoms with E-state index in [1.807, 2.05) is 0 Å². The fourth-order valence-corrected chi connectivity index (χ4v) is 3.38. The van der Waals surface area contributed by atoms with E-state index in [1.165, 1.54) is 33.1 Å². The standard InChI is InChI=1S/C21H20N2.BrH/c1-16-21-19(18-11-5-6-12-20(18)22-21)13-15-23(16)14-7-10-17-8-3-2-4-9-17;/h2-6,8-9,11-13,15H,7,10,14H2,1H3;1H. The molecule has 0 bridgehead atoms. The van der Waals surface area contributed by atoms with Gasteiger partial charge in [0, 0.05) is 35.7 Å². The van der Waals surface area contributed by atoms with Gasteiger partial charge in [0.2, 0.25) is 5.69 Å². The summed E-state index contributed by atoms with van der Waals surface area (Å²) >= 11 is 0. The monoisotopic (exact) mass is 380 g/mol. The van der Waals surface area contributed by atoms with Gasteiger partial charge in [-0.15, -0.1) is 0 Å². The summed E-state index contributed by atoms with van der Waals surface area (Å²) in [6, 6.07) is 21.5. The molecule has 2 aromatic heterocycles. The number of benzene rings is 2. The van der Waals surface area contributed by atoms with Crippen LogP contribution in [0.25, 0.3) is 21.8 Å². The van der Waals surface area contributed by atoms with E-state index in [0.717, 1.165) is 19.4 Å². The van der Waals surface area contributed by atoms with E-state index in [1.54, 1.807) is 0 Å². The first kappa shape index (κ1) is 16.7. The molecule has 0 saturated heterocycles. The number of pyridine rings is 1. The van der Waals surface area contributed by atoms with Crippen LogP contribution in [0.4, 0.5) is 0 Å². The molecule has 0 amide bonds. The largest absolute Gasteiger partial charge is 1.00 e. The Morgan fingerprint density at radius 3 is 2.46 bits per heavy atom. The number of nitrogens with one attached hydrogen (secondary N) is 1. The number of para-hydroxylation sites is 1. The second-order valence-corrected chi connectivity index (χ2v) is 6.14. The van der Waals surface area contributed by atoms with Crippen LogP contribution in [0.1, 0.15) is 17.7 Å². The van der Waals surface area contributed by atoms with Crippen molar-refractivity contribution >= 4 is 21.8 Å². The first-order valence-electron chi connectivity index (χ1n) is 8.26. The molecule has 2 heterocycles. The van der Waals surface area contributed by atoms with Gasteiger partial charge >= 0.3 is 0 Å². The molecule has 0 spiro atoms. The Labute approximate surface area is 152 Å². The summed E-state index contributed by atoms with van der Waals surface area (Å²) in [7, 11) is 0. The minimum Gasteiger partial charge on any atom is -1.00 e. The lowest BCUT2D eigenvalue weighted by atomic mass is 10.1. The van der Waals surface area contributed by atoms with Crippen LogP contribution in [0.15, 0.2) is 66.9 Å². The summed E-state index contributed by atoms with van der Waals surface area (Å²) in [6.07, 6.45) is 4.50. The van der Waals surface area contributed by atoms with Gasteiger partial charge in [-0.3, -0.25) is 0 Å². The maximum atomic E-state index is 3.57. The minimum absolute atomic E-state index is 0. The van der Waals surface area contributed by atoms with Gasteiger partial charge in [0.05, 0.1) is 0 Å². The summed E-state index contributed by atoms with van der Waals surface area (Å²) in [4.78, 5) is 3.57. The predicted octanol–water partition coefficient (Wildman–Crippen LogP) is 1.55. The number of rotatable bonds is 4. The Balaban J connectivity index is 0.00000169. The molecule has 4 aromatic rings. The number of hydrogen-bond acceptors (Lipinski definition) is 0. The lowest BCUT2D eigenvalue weighted by molar-refractivity contribution is -0.701. The number of hydrogen-bond donors (Lipinski definition) is 1. The molecule has 4 rings (SSSR count). The van der Waals surface area contributed by atoms with Gasteiger partial charge in [-0.05, 0) is 18.1 Å². The van der Waals surface area contributed by atoms with Crippen molar-refractivity contribution in [2.24, 2.45) is 0 Å². The van der Waals surface area contributed by atoms with Gasteiger partial charge in [0.1, 0.15) is 12.1 Å². The van der Waals surface area contributed by atoms with Crippen LogP contribution in [0.2, 0.25) is 0 Å². The summed E-state index contributed by atoms with van der Waals surface area (Å²) < 4.78 is 2.36. The fraction of sp³-hybridized carbons (Fsp3) is 0.190.